The Morgan fingerprint density at radius 1 is 1.47 bits per heavy atom. The van der Waals surface area contributed by atoms with Crippen LogP contribution < -0.4 is 5.32 Å². The lowest BCUT2D eigenvalue weighted by Crippen LogP contribution is -2.37. The van der Waals surface area contributed by atoms with E-state index in [2.05, 4.69) is 32.9 Å². The first-order chi connectivity index (χ1) is 9.33. The van der Waals surface area contributed by atoms with Crippen molar-refractivity contribution in [3.05, 3.63) is 18.2 Å². The first-order valence-corrected chi connectivity index (χ1v) is 7.76. The normalized spacial score (nSPS) is 26.1. The summed E-state index contributed by atoms with van der Waals surface area (Å²) in [5, 5.41) is 3.54. The number of imidazole rings is 1. The molecule has 1 aromatic rings. The van der Waals surface area contributed by atoms with E-state index in [4.69, 9.17) is 0 Å². The minimum Gasteiger partial charge on any atom is -0.333 e. The maximum absolute atomic E-state index is 4.44. The minimum atomic E-state index is 0.842. The van der Waals surface area contributed by atoms with Gasteiger partial charge in [0.15, 0.2) is 0 Å². The first-order valence-electron chi connectivity index (χ1n) is 7.76. The second-order valence-electron chi connectivity index (χ2n) is 6.19. The summed E-state index contributed by atoms with van der Waals surface area (Å²) in [7, 11) is 0. The Morgan fingerprint density at radius 2 is 2.42 bits per heavy atom. The molecule has 2 unspecified atom stereocenters. The van der Waals surface area contributed by atoms with Crippen molar-refractivity contribution in [3.8, 4) is 0 Å². The van der Waals surface area contributed by atoms with Crippen molar-refractivity contribution in [1.82, 2.24) is 19.8 Å². The monoisotopic (exact) mass is 262 g/mol. The van der Waals surface area contributed by atoms with Gasteiger partial charge in [0.1, 0.15) is 5.82 Å². The highest BCUT2D eigenvalue weighted by Crippen LogP contribution is 2.23. The van der Waals surface area contributed by atoms with E-state index in [1.165, 1.54) is 51.3 Å². The van der Waals surface area contributed by atoms with Crippen molar-refractivity contribution in [3.63, 3.8) is 0 Å². The lowest BCUT2D eigenvalue weighted by molar-refractivity contribution is 0.182. The van der Waals surface area contributed by atoms with Gasteiger partial charge in [-0.1, -0.05) is 6.92 Å². The number of fused-ring (bicyclic) bond motifs is 1. The van der Waals surface area contributed by atoms with Gasteiger partial charge in [-0.25, -0.2) is 4.98 Å². The predicted molar refractivity (Wildman–Crippen MR) is 76.9 cm³/mol. The Bertz CT molecular complexity index is 395. The molecule has 0 radical (unpaired) electrons. The molecule has 106 valence electrons. The number of nitrogens with zero attached hydrogens (tertiary/aromatic N) is 3. The van der Waals surface area contributed by atoms with Crippen molar-refractivity contribution in [2.45, 2.75) is 39.3 Å². The van der Waals surface area contributed by atoms with Crippen LogP contribution >= 0.6 is 0 Å². The third kappa shape index (κ3) is 3.18. The van der Waals surface area contributed by atoms with Gasteiger partial charge in [0.2, 0.25) is 0 Å². The third-order valence-corrected chi connectivity index (χ3v) is 4.86. The zero-order valence-electron chi connectivity index (χ0n) is 12.0. The molecule has 3 rings (SSSR count). The topological polar surface area (TPSA) is 33.1 Å². The Balaban J connectivity index is 1.45. The van der Waals surface area contributed by atoms with Crippen LogP contribution in [0, 0.1) is 11.8 Å². The molecule has 0 amide bonds. The van der Waals surface area contributed by atoms with Crippen LogP contribution in [-0.4, -0.2) is 40.6 Å². The van der Waals surface area contributed by atoms with Crippen LogP contribution in [0.15, 0.2) is 12.4 Å². The van der Waals surface area contributed by atoms with Gasteiger partial charge in [-0.3, -0.25) is 4.90 Å². The van der Waals surface area contributed by atoms with Crippen molar-refractivity contribution in [1.29, 1.82) is 0 Å². The molecule has 1 fully saturated rings. The zero-order valence-corrected chi connectivity index (χ0v) is 12.0. The Morgan fingerprint density at radius 3 is 3.26 bits per heavy atom. The largest absolute Gasteiger partial charge is 0.333 e. The molecular formula is C15H26N4. The van der Waals surface area contributed by atoms with Crippen LogP contribution in [0.1, 0.15) is 32.0 Å². The number of piperidine rings is 1. The smallest absolute Gasteiger partial charge is 0.122 e. The molecule has 0 aliphatic carbocycles. The molecule has 0 aromatic carbocycles. The quantitative estimate of drug-likeness (QED) is 0.897. The highest BCUT2D eigenvalue weighted by Gasteiger charge is 2.22. The van der Waals surface area contributed by atoms with Crippen molar-refractivity contribution >= 4 is 0 Å². The van der Waals surface area contributed by atoms with E-state index >= 15 is 0 Å². The molecule has 1 saturated heterocycles. The predicted octanol–water partition coefficient (Wildman–Crippen LogP) is 1.72. The minimum absolute atomic E-state index is 0.842. The molecule has 1 aromatic heterocycles. The van der Waals surface area contributed by atoms with E-state index in [1.807, 2.05) is 6.20 Å². The molecule has 0 spiro atoms. The summed E-state index contributed by atoms with van der Waals surface area (Å²) in [6.07, 6.45) is 8.12. The van der Waals surface area contributed by atoms with Crippen LogP contribution in [0.5, 0.6) is 0 Å². The number of hydrogen-bond acceptors (Lipinski definition) is 3. The van der Waals surface area contributed by atoms with Gasteiger partial charge in [-0.15, -0.1) is 0 Å². The van der Waals surface area contributed by atoms with Crippen molar-refractivity contribution < 1.29 is 0 Å². The van der Waals surface area contributed by atoms with Crippen molar-refractivity contribution in [2.24, 2.45) is 11.8 Å². The molecule has 4 nitrogen and oxygen atoms in total. The van der Waals surface area contributed by atoms with E-state index in [0.29, 0.717) is 0 Å². The van der Waals surface area contributed by atoms with Crippen LogP contribution in [-0.2, 0) is 13.1 Å². The summed E-state index contributed by atoms with van der Waals surface area (Å²) >= 11 is 0. The van der Waals surface area contributed by atoms with Crippen LogP contribution in [0.4, 0.5) is 0 Å². The second kappa shape index (κ2) is 6.06. The maximum Gasteiger partial charge on any atom is 0.122 e. The van der Waals surface area contributed by atoms with Crippen LogP contribution in [0.2, 0.25) is 0 Å². The highest BCUT2D eigenvalue weighted by molar-refractivity contribution is 4.95. The average Bonchev–Trinajstić information content (AvgIpc) is 2.93. The van der Waals surface area contributed by atoms with Gasteiger partial charge in [-0.2, -0.15) is 0 Å². The second-order valence-corrected chi connectivity index (χ2v) is 6.19. The van der Waals surface area contributed by atoms with Gasteiger partial charge >= 0.3 is 0 Å². The van der Waals surface area contributed by atoms with Gasteiger partial charge in [0.05, 0.1) is 6.54 Å². The average molecular weight is 262 g/mol. The molecule has 2 aliphatic heterocycles. The molecule has 2 aliphatic rings. The molecule has 1 N–H and O–H groups in total. The van der Waals surface area contributed by atoms with Gasteiger partial charge in [0.25, 0.3) is 0 Å². The fourth-order valence-corrected chi connectivity index (χ4v) is 3.40. The molecule has 4 heteroatoms. The maximum atomic E-state index is 4.44. The Labute approximate surface area is 116 Å². The molecule has 3 heterocycles. The van der Waals surface area contributed by atoms with Gasteiger partial charge in [-0.05, 0) is 50.7 Å². The van der Waals surface area contributed by atoms with Crippen LogP contribution in [0.25, 0.3) is 0 Å². The van der Waals surface area contributed by atoms with E-state index in [0.717, 1.165) is 24.9 Å². The summed E-state index contributed by atoms with van der Waals surface area (Å²) in [5.41, 5.74) is 0. The third-order valence-electron chi connectivity index (χ3n) is 4.86. The van der Waals surface area contributed by atoms with Gasteiger partial charge in [0, 0.05) is 25.5 Å². The lowest BCUT2D eigenvalue weighted by Gasteiger charge is -2.32. The van der Waals surface area contributed by atoms with Crippen LogP contribution in [0.3, 0.4) is 0 Å². The summed E-state index contributed by atoms with van der Waals surface area (Å²) in [4.78, 5) is 7.00. The Hall–Kier alpha value is -0.870. The number of rotatable bonds is 4. The van der Waals surface area contributed by atoms with E-state index in [-0.39, 0.29) is 0 Å². The molecule has 0 bridgehead atoms. The first kappa shape index (κ1) is 13.1. The SMILES string of the molecule is CC(CCN1CCn2ccnc2C1)C1CCCNC1. The van der Waals surface area contributed by atoms with E-state index in [9.17, 15) is 0 Å². The fourth-order valence-electron chi connectivity index (χ4n) is 3.40. The van der Waals surface area contributed by atoms with E-state index < -0.39 is 0 Å². The summed E-state index contributed by atoms with van der Waals surface area (Å²) in [5.74, 6) is 2.97. The summed E-state index contributed by atoms with van der Waals surface area (Å²) in [6, 6.07) is 0. The standard InChI is InChI=1S/C15H26N4/c1-13(14-3-2-5-16-11-14)4-7-18-9-10-19-8-6-17-15(19)12-18/h6,8,13-14,16H,2-5,7,9-12H2,1H3. The number of nitrogens with one attached hydrogen (secondary N) is 1. The molecule has 19 heavy (non-hydrogen) atoms. The number of hydrogen-bond donors (Lipinski definition) is 1. The highest BCUT2D eigenvalue weighted by atomic mass is 15.2. The molecule has 2 atom stereocenters. The Kier molecular flexibility index (Phi) is 4.18. The fraction of sp³-hybridized carbons (Fsp3) is 0.800. The lowest BCUT2D eigenvalue weighted by atomic mass is 9.85. The van der Waals surface area contributed by atoms with Gasteiger partial charge < -0.3 is 9.88 Å². The summed E-state index contributed by atoms with van der Waals surface area (Å²) < 4.78 is 2.28. The molecular weight excluding hydrogens is 236 g/mol. The molecule has 0 saturated carbocycles. The van der Waals surface area contributed by atoms with E-state index in [1.54, 1.807) is 0 Å². The summed E-state index contributed by atoms with van der Waals surface area (Å²) in [6.45, 7) is 9.42. The zero-order chi connectivity index (χ0) is 13.1. The number of aromatic nitrogens is 2. The van der Waals surface area contributed by atoms with Crippen molar-refractivity contribution in [2.75, 3.05) is 26.2 Å².